The van der Waals surface area contributed by atoms with Crippen LogP contribution in [0.3, 0.4) is 0 Å². The fraction of sp³-hybridized carbons (Fsp3) is 0.267. The quantitative estimate of drug-likeness (QED) is 0.843. The van der Waals surface area contributed by atoms with Crippen LogP contribution in [0.1, 0.15) is 18.4 Å². The average Bonchev–Trinajstić information content (AvgIpc) is 2.95. The van der Waals surface area contributed by atoms with E-state index in [0.717, 1.165) is 5.56 Å². The molecule has 1 amide bonds. The molecular formula is C15H13N5O2. The van der Waals surface area contributed by atoms with Crippen molar-refractivity contribution in [3.8, 4) is 17.3 Å². The highest BCUT2D eigenvalue weighted by atomic mass is 16.5. The number of amides is 1. The summed E-state index contributed by atoms with van der Waals surface area (Å²) in [5, 5.41) is 18.9. The minimum absolute atomic E-state index is 0.0326. The van der Waals surface area contributed by atoms with E-state index >= 15 is 0 Å². The summed E-state index contributed by atoms with van der Waals surface area (Å²) in [6.45, 7) is 0. The largest absolute Gasteiger partial charge is 0.338 e. The molecule has 1 aliphatic carbocycles. The van der Waals surface area contributed by atoms with Gasteiger partial charge >= 0.3 is 0 Å². The molecule has 1 aromatic heterocycles. The third-order valence-corrected chi connectivity index (χ3v) is 3.71. The summed E-state index contributed by atoms with van der Waals surface area (Å²) in [6, 6.07) is 10.6. The minimum Gasteiger partial charge on any atom is -0.338 e. The first-order chi connectivity index (χ1) is 10.7. The average molecular weight is 295 g/mol. The Morgan fingerprint density at radius 1 is 1.45 bits per heavy atom. The molecule has 0 bridgehead atoms. The number of benzene rings is 1. The predicted octanol–water partition coefficient (Wildman–Crippen LogP) is 2.96. The molecule has 7 heteroatoms. The van der Waals surface area contributed by atoms with Crippen LogP contribution in [-0.4, -0.2) is 17.1 Å². The smallest absolute Gasteiger partial charge is 0.231 e. The van der Waals surface area contributed by atoms with Crippen LogP contribution in [0.15, 0.2) is 40.0 Å². The van der Waals surface area contributed by atoms with Crippen molar-refractivity contribution in [2.45, 2.75) is 18.9 Å². The summed E-state index contributed by atoms with van der Waals surface area (Å²) in [4.78, 5) is 12.0. The van der Waals surface area contributed by atoms with E-state index in [1.807, 2.05) is 6.07 Å². The van der Waals surface area contributed by atoms with Crippen molar-refractivity contribution in [3.05, 3.63) is 35.9 Å². The van der Waals surface area contributed by atoms with Gasteiger partial charge in [0.05, 0.1) is 17.7 Å². The van der Waals surface area contributed by atoms with Crippen LogP contribution in [0.2, 0.25) is 0 Å². The first kappa shape index (κ1) is 13.9. The molecule has 1 heterocycles. The topological polar surface area (TPSA) is 115 Å². The van der Waals surface area contributed by atoms with Crippen LogP contribution in [0.4, 0.5) is 5.88 Å². The standard InChI is InChI=1S/C15H13N5O2/c16-8-9-2-1-3-10(4-9)13-7-14(22-20-13)18-15(21)11-5-12(6-11)19-17/h1-4,7,11-12,17H,5-6H2,(H,18,21). The highest BCUT2D eigenvalue weighted by Crippen LogP contribution is 2.31. The maximum Gasteiger partial charge on any atom is 0.231 e. The van der Waals surface area contributed by atoms with Crippen LogP contribution in [0.5, 0.6) is 0 Å². The van der Waals surface area contributed by atoms with E-state index < -0.39 is 0 Å². The van der Waals surface area contributed by atoms with Gasteiger partial charge in [-0.25, -0.2) is 5.53 Å². The van der Waals surface area contributed by atoms with Crippen LogP contribution >= 0.6 is 0 Å². The van der Waals surface area contributed by atoms with E-state index in [9.17, 15) is 4.79 Å². The zero-order valence-corrected chi connectivity index (χ0v) is 11.6. The Morgan fingerprint density at radius 3 is 3.00 bits per heavy atom. The van der Waals surface area contributed by atoms with Crippen LogP contribution in [-0.2, 0) is 4.79 Å². The van der Waals surface area contributed by atoms with Crippen molar-refractivity contribution < 1.29 is 9.32 Å². The number of hydrogen-bond acceptors (Lipinski definition) is 6. The number of nitriles is 1. The monoisotopic (exact) mass is 295 g/mol. The number of carbonyl (C=O) groups excluding carboxylic acids is 1. The fourth-order valence-corrected chi connectivity index (χ4v) is 2.35. The van der Waals surface area contributed by atoms with Gasteiger partial charge in [-0.3, -0.25) is 10.1 Å². The molecule has 0 aliphatic heterocycles. The molecule has 3 rings (SSSR count). The van der Waals surface area contributed by atoms with Gasteiger partial charge in [-0.2, -0.15) is 10.4 Å². The van der Waals surface area contributed by atoms with E-state index in [4.69, 9.17) is 15.3 Å². The zero-order chi connectivity index (χ0) is 15.5. The van der Waals surface area contributed by atoms with Crippen molar-refractivity contribution in [3.63, 3.8) is 0 Å². The zero-order valence-electron chi connectivity index (χ0n) is 11.6. The lowest BCUT2D eigenvalue weighted by molar-refractivity contribution is -0.122. The number of hydrogen-bond donors (Lipinski definition) is 2. The van der Waals surface area contributed by atoms with Crippen molar-refractivity contribution in [2.75, 3.05) is 5.32 Å². The van der Waals surface area contributed by atoms with Gasteiger partial charge in [0.1, 0.15) is 5.69 Å². The Morgan fingerprint density at radius 2 is 2.27 bits per heavy atom. The highest BCUT2D eigenvalue weighted by molar-refractivity contribution is 5.92. The van der Waals surface area contributed by atoms with E-state index in [-0.39, 0.29) is 23.8 Å². The van der Waals surface area contributed by atoms with E-state index in [2.05, 4.69) is 21.7 Å². The second-order valence-corrected chi connectivity index (χ2v) is 5.21. The van der Waals surface area contributed by atoms with Gasteiger partial charge in [-0.15, -0.1) is 0 Å². The number of aromatic nitrogens is 1. The molecule has 2 N–H and O–H groups in total. The van der Waals surface area contributed by atoms with Gasteiger partial charge < -0.3 is 4.52 Å². The second kappa shape index (κ2) is 5.77. The molecule has 0 atom stereocenters. The molecule has 0 saturated heterocycles. The molecule has 110 valence electrons. The minimum atomic E-state index is -0.145. The van der Waals surface area contributed by atoms with Crippen molar-refractivity contribution >= 4 is 11.8 Å². The Bertz CT molecular complexity index is 755. The summed E-state index contributed by atoms with van der Waals surface area (Å²) >= 11 is 0. The number of nitrogens with one attached hydrogen (secondary N) is 2. The van der Waals surface area contributed by atoms with E-state index in [1.54, 1.807) is 24.3 Å². The van der Waals surface area contributed by atoms with Crippen molar-refractivity contribution in [1.29, 1.82) is 10.8 Å². The Labute approximate surface area is 126 Å². The molecule has 1 saturated carbocycles. The summed E-state index contributed by atoms with van der Waals surface area (Å²) in [5.74, 6) is -0.00318. The SMILES string of the molecule is N#Cc1cccc(-c2cc(NC(=O)C3CC(N=N)C3)on2)c1. The Hall–Kier alpha value is -3.01. The highest BCUT2D eigenvalue weighted by Gasteiger charge is 2.34. The maximum absolute atomic E-state index is 12.0. The molecule has 0 radical (unpaired) electrons. The van der Waals surface area contributed by atoms with E-state index in [1.165, 1.54) is 0 Å². The third kappa shape index (κ3) is 2.72. The molecule has 1 fully saturated rings. The number of carbonyl (C=O) groups is 1. The third-order valence-electron chi connectivity index (χ3n) is 3.71. The lowest BCUT2D eigenvalue weighted by Crippen LogP contribution is -2.36. The summed E-state index contributed by atoms with van der Waals surface area (Å²) in [6.07, 6.45) is 1.20. The lowest BCUT2D eigenvalue weighted by atomic mass is 9.80. The molecule has 22 heavy (non-hydrogen) atoms. The summed E-state index contributed by atoms with van der Waals surface area (Å²) in [5.41, 5.74) is 8.72. The Balaban J connectivity index is 1.67. The van der Waals surface area contributed by atoms with Gasteiger partial charge in [0, 0.05) is 17.5 Å². The molecule has 0 unspecified atom stereocenters. The molecule has 2 aromatic rings. The van der Waals surface area contributed by atoms with Crippen LogP contribution in [0, 0.1) is 22.8 Å². The fourth-order valence-electron chi connectivity index (χ4n) is 2.35. The molecule has 0 spiro atoms. The molecular weight excluding hydrogens is 282 g/mol. The van der Waals surface area contributed by atoms with Gasteiger partial charge in [0.2, 0.25) is 11.8 Å². The summed E-state index contributed by atoms with van der Waals surface area (Å²) < 4.78 is 5.11. The van der Waals surface area contributed by atoms with Crippen LogP contribution in [0.25, 0.3) is 11.3 Å². The Kier molecular flexibility index (Phi) is 3.66. The van der Waals surface area contributed by atoms with Gasteiger partial charge in [-0.05, 0) is 25.0 Å². The van der Waals surface area contributed by atoms with E-state index in [0.29, 0.717) is 24.1 Å². The lowest BCUT2D eigenvalue weighted by Gasteiger charge is -2.29. The number of rotatable bonds is 4. The molecule has 7 nitrogen and oxygen atoms in total. The van der Waals surface area contributed by atoms with Gasteiger partial charge in [0.15, 0.2) is 0 Å². The maximum atomic E-state index is 12.0. The van der Waals surface area contributed by atoms with Gasteiger partial charge in [-0.1, -0.05) is 17.3 Å². The first-order valence-electron chi connectivity index (χ1n) is 6.84. The number of anilines is 1. The predicted molar refractivity (Wildman–Crippen MR) is 76.9 cm³/mol. The van der Waals surface area contributed by atoms with Crippen molar-refractivity contribution in [2.24, 2.45) is 11.0 Å². The van der Waals surface area contributed by atoms with Gasteiger partial charge in [0.25, 0.3) is 0 Å². The number of nitrogens with zero attached hydrogens (tertiary/aromatic N) is 3. The molecule has 1 aliphatic rings. The normalized spacial score (nSPS) is 19.8. The van der Waals surface area contributed by atoms with Crippen molar-refractivity contribution in [1.82, 2.24) is 5.16 Å². The second-order valence-electron chi connectivity index (χ2n) is 5.21. The first-order valence-corrected chi connectivity index (χ1v) is 6.84. The summed E-state index contributed by atoms with van der Waals surface area (Å²) in [7, 11) is 0. The molecule has 1 aromatic carbocycles. The van der Waals surface area contributed by atoms with Crippen LogP contribution < -0.4 is 5.32 Å².